The molecule has 1 aromatic carbocycles. The van der Waals surface area contributed by atoms with E-state index in [0.717, 1.165) is 12.8 Å². The Hall–Kier alpha value is -2.33. The Morgan fingerprint density at radius 2 is 2.05 bits per heavy atom. The number of hydrogen-bond acceptors (Lipinski definition) is 4. The first-order valence-corrected chi connectivity index (χ1v) is 7.57. The first-order chi connectivity index (χ1) is 10.7. The Balaban J connectivity index is 1.69. The van der Waals surface area contributed by atoms with E-state index in [-0.39, 0.29) is 12.5 Å². The molecule has 1 fully saturated rings. The molecule has 22 heavy (non-hydrogen) atoms. The van der Waals surface area contributed by atoms with E-state index < -0.39 is 0 Å². The molecule has 0 atom stereocenters. The summed E-state index contributed by atoms with van der Waals surface area (Å²) in [5.74, 6) is 0.00937. The molecule has 0 heterocycles. The van der Waals surface area contributed by atoms with Crippen LogP contribution in [-0.2, 0) is 4.79 Å². The van der Waals surface area contributed by atoms with Gasteiger partial charge in [-0.15, -0.1) is 0 Å². The van der Waals surface area contributed by atoms with Crippen LogP contribution in [-0.4, -0.2) is 23.7 Å². The highest BCUT2D eigenvalue weighted by atomic mass is 32.1. The topological polar surface area (TPSA) is 86.2 Å². The van der Waals surface area contributed by atoms with Gasteiger partial charge in [0, 0.05) is 6.04 Å². The number of amides is 1. The molecule has 6 nitrogen and oxygen atoms in total. The fourth-order valence-electron chi connectivity index (χ4n) is 2.28. The molecular weight excluding hydrogens is 300 g/mol. The summed E-state index contributed by atoms with van der Waals surface area (Å²) < 4.78 is 5.32. The van der Waals surface area contributed by atoms with Gasteiger partial charge in [-0.3, -0.25) is 15.6 Å². The summed E-state index contributed by atoms with van der Waals surface area (Å²) in [7, 11) is 0. The normalized spacial score (nSPS) is 14.0. The number of carbonyl (C=O) groups excluding carboxylic acids is 1. The van der Waals surface area contributed by atoms with Crippen molar-refractivity contribution < 1.29 is 9.53 Å². The van der Waals surface area contributed by atoms with Crippen LogP contribution in [0.1, 0.15) is 31.2 Å². The van der Waals surface area contributed by atoms with E-state index in [4.69, 9.17) is 22.2 Å². The molecule has 2 rings (SSSR count). The maximum Gasteiger partial charge on any atom is 0.276 e. The number of benzene rings is 1. The minimum atomic E-state index is -0.372. The summed E-state index contributed by atoms with van der Waals surface area (Å²) >= 11 is 5.11. The van der Waals surface area contributed by atoms with Gasteiger partial charge in [-0.05, 0) is 37.2 Å². The van der Waals surface area contributed by atoms with Gasteiger partial charge in [0.1, 0.15) is 11.8 Å². The third-order valence-corrected chi connectivity index (χ3v) is 3.59. The highest BCUT2D eigenvalue weighted by Crippen LogP contribution is 2.17. The van der Waals surface area contributed by atoms with Crippen LogP contribution in [0.2, 0.25) is 0 Å². The lowest BCUT2D eigenvalue weighted by atomic mass is 10.2. The number of hydrazine groups is 1. The highest BCUT2D eigenvalue weighted by Gasteiger charge is 2.15. The molecule has 0 radical (unpaired) electrons. The zero-order valence-corrected chi connectivity index (χ0v) is 12.9. The lowest BCUT2D eigenvalue weighted by Gasteiger charge is -2.16. The van der Waals surface area contributed by atoms with Crippen molar-refractivity contribution >= 4 is 23.2 Å². The number of thiocarbonyl (C=S) groups is 1. The van der Waals surface area contributed by atoms with Gasteiger partial charge in [0.2, 0.25) is 0 Å². The molecule has 0 unspecified atom stereocenters. The molecular formula is C15H18N4O2S. The molecule has 0 aromatic heterocycles. The van der Waals surface area contributed by atoms with Crippen molar-refractivity contribution in [3.8, 4) is 11.8 Å². The summed E-state index contributed by atoms with van der Waals surface area (Å²) in [4.78, 5) is 11.7. The predicted octanol–water partition coefficient (Wildman–Crippen LogP) is 1.37. The van der Waals surface area contributed by atoms with E-state index in [9.17, 15) is 4.79 Å². The van der Waals surface area contributed by atoms with Crippen molar-refractivity contribution in [3.63, 3.8) is 0 Å². The summed E-state index contributed by atoms with van der Waals surface area (Å²) in [6.45, 7) is -0.197. The molecule has 1 amide bonds. The molecule has 116 valence electrons. The van der Waals surface area contributed by atoms with Gasteiger partial charge in [0.25, 0.3) is 5.91 Å². The average molecular weight is 318 g/mol. The van der Waals surface area contributed by atoms with E-state index in [1.807, 2.05) is 6.07 Å². The van der Waals surface area contributed by atoms with Crippen molar-refractivity contribution in [2.75, 3.05) is 6.61 Å². The number of rotatable bonds is 4. The Morgan fingerprint density at radius 1 is 1.32 bits per heavy atom. The molecule has 3 N–H and O–H groups in total. The van der Waals surface area contributed by atoms with Gasteiger partial charge in [0.15, 0.2) is 11.7 Å². The second-order valence-electron chi connectivity index (χ2n) is 5.02. The Morgan fingerprint density at radius 3 is 2.77 bits per heavy atom. The third-order valence-electron chi connectivity index (χ3n) is 3.37. The monoisotopic (exact) mass is 318 g/mol. The van der Waals surface area contributed by atoms with Crippen LogP contribution in [0.25, 0.3) is 0 Å². The van der Waals surface area contributed by atoms with Crippen molar-refractivity contribution in [3.05, 3.63) is 29.8 Å². The first kappa shape index (κ1) is 16.0. The van der Waals surface area contributed by atoms with E-state index >= 15 is 0 Å². The summed E-state index contributed by atoms with van der Waals surface area (Å²) in [5, 5.41) is 12.5. The van der Waals surface area contributed by atoms with Gasteiger partial charge in [-0.2, -0.15) is 5.26 Å². The maximum absolute atomic E-state index is 11.7. The van der Waals surface area contributed by atoms with Crippen molar-refractivity contribution in [1.29, 1.82) is 5.26 Å². The SMILES string of the molecule is N#Cc1ccccc1OCC(=O)NNC(=S)NC1CCCC1. The van der Waals surface area contributed by atoms with E-state index in [1.165, 1.54) is 12.8 Å². The van der Waals surface area contributed by atoms with E-state index in [2.05, 4.69) is 16.2 Å². The molecule has 1 saturated carbocycles. The van der Waals surface area contributed by atoms with Crippen LogP contribution in [0.15, 0.2) is 24.3 Å². The van der Waals surface area contributed by atoms with Gasteiger partial charge < -0.3 is 10.1 Å². The Labute approximate surface area is 134 Å². The van der Waals surface area contributed by atoms with Gasteiger partial charge >= 0.3 is 0 Å². The number of hydrogen-bond donors (Lipinski definition) is 3. The molecule has 0 bridgehead atoms. The van der Waals surface area contributed by atoms with Crippen molar-refractivity contribution in [1.82, 2.24) is 16.2 Å². The Kier molecular flexibility index (Phi) is 5.98. The summed E-state index contributed by atoms with van der Waals surface area (Å²) in [5.41, 5.74) is 5.50. The third kappa shape index (κ3) is 4.90. The molecule has 1 aromatic rings. The molecule has 1 aliphatic rings. The Bertz CT molecular complexity index is 579. The molecule has 7 heteroatoms. The van der Waals surface area contributed by atoms with E-state index in [0.29, 0.717) is 22.5 Å². The van der Waals surface area contributed by atoms with Crippen molar-refractivity contribution in [2.45, 2.75) is 31.7 Å². The van der Waals surface area contributed by atoms with Crippen molar-refractivity contribution in [2.24, 2.45) is 0 Å². The number of nitriles is 1. The van der Waals surface area contributed by atoms with Crippen LogP contribution < -0.4 is 20.9 Å². The lowest BCUT2D eigenvalue weighted by molar-refractivity contribution is -0.123. The number of para-hydroxylation sites is 1. The molecule has 0 spiro atoms. The van der Waals surface area contributed by atoms with Crippen LogP contribution in [0.3, 0.4) is 0 Å². The number of carbonyl (C=O) groups is 1. The van der Waals surface area contributed by atoms with Gasteiger partial charge in [-0.25, -0.2) is 0 Å². The van der Waals surface area contributed by atoms with Crippen LogP contribution in [0.5, 0.6) is 5.75 Å². The first-order valence-electron chi connectivity index (χ1n) is 7.16. The summed E-state index contributed by atoms with van der Waals surface area (Å²) in [6, 6.07) is 9.15. The van der Waals surface area contributed by atoms with Crippen LogP contribution >= 0.6 is 12.2 Å². The molecule has 0 saturated heterocycles. The van der Waals surface area contributed by atoms with Gasteiger partial charge in [0.05, 0.1) is 5.56 Å². The fourth-order valence-corrected chi connectivity index (χ4v) is 2.50. The number of nitrogens with one attached hydrogen (secondary N) is 3. The molecule has 1 aliphatic carbocycles. The standard InChI is InChI=1S/C15H18N4O2S/c16-9-11-5-1-4-8-13(11)21-10-14(20)18-19-15(22)17-12-6-2-3-7-12/h1,4-5,8,12H,2-3,6-7,10H2,(H,18,20)(H2,17,19,22). The smallest absolute Gasteiger partial charge is 0.276 e. The number of nitrogens with zero attached hydrogens (tertiary/aromatic N) is 1. The second kappa shape index (κ2) is 8.20. The van der Waals surface area contributed by atoms with E-state index in [1.54, 1.807) is 24.3 Å². The molecule has 0 aliphatic heterocycles. The zero-order chi connectivity index (χ0) is 15.8. The van der Waals surface area contributed by atoms with Crippen LogP contribution in [0.4, 0.5) is 0 Å². The maximum atomic E-state index is 11.7. The average Bonchev–Trinajstić information content (AvgIpc) is 3.04. The highest BCUT2D eigenvalue weighted by molar-refractivity contribution is 7.80. The lowest BCUT2D eigenvalue weighted by Crippen LogP contribution is -2.50. The second-order valence-corrected chi connectivity index (χ2v) is 5.43. The fraction of sp³-hybridized carbons (Fsp3) is 0.400. The summed E-state index contributed by atoms with van der Waals surface area (Å²) in [6.07, 6.45) is 4.62. The van der Waals surface area contributed by atoms with Gasteiger partial charge in [-0.1, -0.05) is 25.0 Å². The minimum Gasteiger partial charge on any atom is -0.482 e. The predicted molar refractivity (Wildman–Crippen MR) is 85.9 cm³/mol. The minimum absolute atomic E-state index is 0.197. The largest absolute Gasteiger partial charge is 0.482 e. The van der Waals surface area contributed by atoms with Crippen LogP contribution in [0, 0.1) is 11.3 Å². The number of ether oxygens (including phenoxy) is 1. The quantitative estimate of drug-likeness (QED) is 0.574. The zero-order valence-electron chi connectivity index (χ0n) is 12.1.